The molecule has 8 heteroatoms. The predicted octanol–water partition coefficient (Wildman–Crippen LogP) is 0.352. The molecule has 0 bridgehead atoms. The predicted molar refractivity (Wildman–Crippen MR) is 79.6 cm³/mol. The van der Waals surface area contributed by atoms with E-state index in [1.807, 2.05) is 0 Å². The topological polar surface area (TPSA) is 118 Å². The fourth-order valence-electron chi connectivity index (χ4n) is 1.78. The minimum atomic E-state index is -2.97. The Hall–Kier alpha value is -2.09. The number of hydrogen-bond donors (Lipinski definition) is 3. The number of fused-ring (bicyclic) bond motifs is 1. The van der Waals surface area contributed by atoms with Gasteiger partial charge in [-0.05, 0) is 24.6 Å². The van der Waals surface area contributed by atoms with Crippen LogP contribution in [0.4, 0.5) is 11.6 Å². The molecule has 1 aromatic carbocycles. The number of H-pyrrole nitrogens is 1. The molecular weight excluding hydrogens is 280 g/mol. The Balaban J connectivity index is 2.12. The SMILES string of the molecule is CS(=O)(=O)CCCNc1nc2ccc(N)cc2c(=O)[nH]1. The van der Waals surface area contributed by atoms with Gasteiger partial charge in [-0.15, -0.1) is 0 Å². The summed E-state index contributed by atoms with van der Waals surface area (Å²) in [4.78, 5) is 18.7. The fourth-order valence-corrected chi connectivity index (χ4v) is 2.45. The van der Waals surface area contributed by atoms with Crippen LogP contribution in [0.5, 0.6) is 0 Å². The molecule has 4 N–H and O–H groups in total. The molecule has 0 amide bonds. The maximum atomic E-state index is 11.9. The first-order valence-corrected chi connectivity index (χ1v) is 8.12. The van der Waals surface area contributed by atoms with Crippen molar-refractivity contribution in [2.45, 2.75) is 6.42 Å². The van der Waals surface area contributed by atoms with Gasteiger partial charge in [-0.25, -0.2) is 13.4 Å². The smallest absolute Gasteiger partial charge is 0.260 e. The molecule has 7 nitrogen and oxygen atoms in total. The van der Waals surface area contributed by atoms with Gasteiger partial charge in [-0.1, -0.05) is 0 Å². The molecule has 0 aliphatic carbocycles. The zero-order valence-corrected chi connectivity index (χ0v) is 11.8. The molecule has 0 unspecified atom stereocenters. The first-order chi connectivity index (χ1) is 9.35. The fraction of sp³-hybridized carbons (Fsp3) is 0.333. The van der Waals surface area contributed by atoms with E-state index in [9.17, 15) is 13.2 Å². The van der Waals surface area contributed by atoms with E-state index in [4.69, 9.17) is 5.73 Å². The number of rotatable bonds is 5. The van der Waals surface area contributed by atoms with E-state index in [1.165, 1.54) is 6.26 Å². The summed E-state index contributed by atoms with van der Waals surface area (Å²) in [5.41, 5.74) is 6.37. The van der Waals surface area contributed by atoms with Crippen LogP contribution in [0.1, 0.15) is 6.42 Å². The third-order valence-corrected chi connectivity index (χ3v) is 3.74. The second kappa shape index (κ2) is 5.49. The summed E-state index contributed by atoms with van der Waals surface area (Å²) >= 11 is 0. The van der Waals surface area contributed by atoms with Crippen molar-refractivity contribution in [3.05, 3.63) is 28.6 Å². The van der Waals surface area contributed by atoms with Gasteiger partial charge in [-0.2, -0.15) is 0 Å². The van der Waals surface area contributed by atoms with E-state index in [0.717, 1.165) is 0 Å². The Morgan fingerprint density at radius 2 is 2.15 bits per heavy atom. The second-order valence-electron chi connectivity index (χ2n) is 4.60. The monoisotopic (exact) mass is 296 g/mol. The van der Waals surface area contributed by atoms with Crippen LogP contribution in [0.3, 0.4) is 0 Å². The number of nitrogens with one attached hydrogen (secondary N) is 2. The number of nitrogen functional groups attached to an aromatic ring is 1. The number of aromatic amines is 1. The van der Waals surface area contributed by atoms with Gasteiger partial charge >= 0.3 is 0 Å². The average molecular weight is 296 g/mol. The van der Waals surface area contributed by atoms with Crippen LogP contribution in [0.15, 0.2) is 23.0 Å². The number of nitrogens with zero attached hydrogens (tertiary/aromatic N) is 1. The van der Waals surface area contributed by atoms with Crippen molar-refractivity contribution < 1.29 is 8.42 Å². The molecule has 0 saturated carbocycles. The van der Waals surface area contributed by atoms with Crippen LogP contribution in [0, 0.1) is 0 Å². The highest BCUT2D eigenvalue weighted by molar-refractivity contribution is 7.90. The van der Waals surface area contributed by atoms with Gasteiger partial charge in [0, 0.05) is 18.5 Å². The highest BCUT2D eigenvalue weighted by Gasteiger charge is 2.05. The summed E-state index contributed by atoms with van der Waals surface area (Å²) in [5.74, 6) is 0.412. The van der Waals surface area contributed by atoms with Crippen LogP contribution in [-0.4, -0.2) is 36.9 Å². The van der Waals surface area contributed by atoms with Gasteiger partial charge in [-0.3, -0.25) is 9.78 Å². The van der Waals surface area contributed by atoms with Crippen molar-refractivity contribution in [2.75, 3.05) is 29.6 Å². The molecule has 0 spiro atoms. The largest absolute Gasteiger partial charge is 0.399 e. The lowest BCUT2D eigenvalue weighted by Gasteiger charge is -2.06. The van der Waals surface area contributed by atoms with E-state index in [0.29, 0.717) is 35.5 Å². The molecule has 108 valence electrons. The molecule has 2 aromatic rings. The molecule has 0 saturated heterocycles. The molecule has 0 atom stereocenters. The van der Waals surface area contributed by atoms with Crippen molar-refractivity contribution >= 4 is 32.4 Å². The normalized spacial score (nSPS) is 11.7. The summed E-state index contributed by atoms with van der Waals surface area (Å²) < 4.78 is 22.0. The van der Waals surface area contributed by atoms with E-state index >= 15 is 0 Å². The van der Waals surface area contributed by atoms with Crippen molar-refractivity contribution in [1.82, 2.24) is 9.97 Å². The summed E-state index contributed by atoms with van der Waals surface area (Å²) in [6, 6.07) is 4.90. The minimum Gasteiger partial charge on any atom is -0.399 e. The minimum absolute atomic E-state index is 0.0916. The van der Waals surface area contributed by atoms with Gasteiger partial charge in [0.05, 0.1) is 16.7 Å². The Morgan fingerprint density at radius 1 is 1.40 bits per heavy atom. The van der Waals surface area contributed by atoms with E-state index in [2.05, 4.69) is 15.3 Å². The van der Waals surface area contributed by atoms with Crippen LogP contribution in [0.25, 0.3) is 10.9 Å². The molecule has 1 aromatic heterocycles. The number of benzene rings is 1. The second-order valence-corrected chi connectivity index (χ2v) is 6.86. The highest BCUT2D eigenvalue weighted by Crippen LogP contribution is 2.12. The molecule has 0 aliphatic rings. The number of aromatic nitrogens is 2. The summed E-state index contributed by atoms with van der Waals surface area (Å²) in [6.45, 7) is 0.413. The maximum absolute atomic E-state index is 11.9. The average Bonchev–Trinajstić information content (AvgIpc) is 2.34. The molecular formula is C12H16N4O3S. The maximum Gasteiger partial charge on any atom is 0.260 e. The molecule has 2 rings (SSSR count). The Bertz CT molecular complexity index is 783. The Morgan fingerprint density at radius 3 is 2.85 bits per heavy atom. The zero-order chi connectivity index (χ0) is 14.8. The molecule has 1 heterocycles. The zero-order valence-electron chi connectivity index (χ0n) is 11.0. The van der Waals surface area contributed by atoms with Crippen molar-refractivity contribution in [3.8, 4) is 0 Å². The third kappa shape index (κ3) is 3.70. The molecule has 0 radical (unpaired) electrons. The van der Waals surface area contributed by atoms with Gasteiger partial charge in [0.1, 0.15) is 9.84 Å². The first-order valence-electron chi connectivity index (χ1n) is 6.06. The van der Waals surface area contributed by atoms with Crippen molar-refractivity contribution in [3.63, 3.8) is 0 Å². The Kier molecular flexibility index (Phi) is 3.93. The van der Waals surface area contributed by atoms with Gasteiger partial charge in [0.15, 0.2) is 0 Å². The van der Waals surface area contributed by atoms with E-state index in [-0.39, 0.29) is 11.3 Å². The standard InChI is InChI=1S/C12H16N4O3S/c1-20(18,19)6-2-5-14-12-15-10-4-3-8(13)7-9(10)11(17)16-12/h3-4,7H,2,5-6,13H2,1H3,(H2,14,15,16,17). The van der Waals surface area contributed by atoms with Crippen LogP contribution in [0.2, 0.25) is 0 Å². The number of nitrogens with two attached hydrogens (primary N) is 1. The summed E-state index contributed by atoms with van der Waals surface area (Å²) in [5, 5.41) is 3.33. The lowest BCUT2D eigenvalue weighted by atomic mass is 10.2. The molecule has 20 heavy (non-hydrogen) atoms. The van der Waals surface area contributed by atoms with Crippen molar-refractivity contribution in [2.24, 2.45) is 0 Å². The lowest BCUT2D eigenvalue weighted by molar-refractivity contribution is 0.600. The van der Waals surface area contributed by atoms with Crippen LogP contribution < -0.4 is 16.6 Å². The van der Waals surface area contributed by atoms with Crippen molar-refractivity contribution in [1.29, 1.82) is 0 Å². The van der Waals surface area contributed by atoms with E-state index < -0.39 is 9.84 Å². The first kappa shape index (κ1) is 14.3. The van der Waals surface area contributed by atoms with E-state index in [1.54, 1.807) is 18.2 Å². The van der Waals surface area contributed by atoms with Gasteiger partial charge in [0.2, 0.25) is 5.95 Å². The molecule has 0 aliphatic heterocycles. The van der Waals surface area contributed by atoms with Crippen LogP contribution >= 0.6 is 0 Å². The molecule has 0 fully saturated rings. The summed E-state index contributed by atoms with van der Waals surface area (Å²) in [6.07, 6.45) is 1.63. The van der Waals surface area contributed by atoms with Crippen LogP contribution in [-0.2, 0) is 9.84 Å². The van der Waals surface area contributed by atoms with Gasteiger partial charge in [0.25, 0.3) is 5.56 Å². The summed E-state index contributed by atoms with van der Waals surface area (Å²) in [7, 11) is -2.97. The quantitative estimate of drug-likeness (QED) is 0.541. The third-order valence-electron chi connectivity index (χ3n) is 2.71. The number of hydrogen-bond acceptors (Lipinski definition) is 6. The Labute approximate surface area is 116 Å². The highest BCUT2D eigenvalue weighted by atomic mass is 32.2. The lowest BCUT2D eigenvalue weighted by Crippen LogP contribution is -2.16. The number of sulfone groups is 1. The number of anilines is 2. The van der Waals surface area contributed by atoms with Gasteiger partial charge < -0.3 is 11.1 Å².